The molecular weight excluding hydrogens is 226 g/mol. The SMILES string of the molecule is CCCN(Cc1ccc(/C(N)=N/O)cc1)C(C)C. The molecule has 100 valence electrons. The van der Waals surface area contributed by atoms with Crippen LogP contribution >= 0.6 is 0 Å². The Morgan fingerprint density at radius 2 is 1.94 bits per heavy atom. The predicted octanol–water partition coefficient (Wildman–Crippen LogP) is 2.40. The van der Waals surface area contributed by atoms with Crippen molar-refractivity contribution in [1.82, 2.24) is 4.90 Å². The Balaban J connectivity index is 2.73. The molecule has 3 N–H and O–H groups in total. The van der Waals surface area contributed by atoms with Crippen LogP contribution in [-0.2, 0) is 6.54 Å². The smallest absolute Gasteiger partial charge is 0.170 e. The monoisotopic (exact) mass is 249 g/mol. The third kappa shape index (κ3) is 4.04. The van der Waals surface area contributed by atoms with Gasteiger partial charge in [-0.3, -0.25) is 4.90 Å². The normalized spacial score (nSPS) is 12.4. The van der Waals surface area contributed by atoms with Crippen molar-refractivity contribution in [2.45, 2.75) is 39.8 Å². The van der Waals surface area contributed by atoms with E-state index in [0.717, 1.165) is 25.1 Å². The van der Waals surface area contributed by atoms with Crippen LogP contribution in [0.4, 0.5) is 0 Å². The van der Waals surface area contributed by atoms with Gasteiger partial charge in [-0.25, -0.2) is 0 Å². The molecule has 0 saturated carbocycles. The maximum Gasteiger partial charge on any atom is 0.170 e. The van der Waals surface area contributed by atoms with E-state index in [9.17, 15) is 0 Å². The third-order valence-corrected chi connectivity index (χ3v) is 2.98. The van der Waals surface area contributed by atoms with E-state index in [1.807, 2.05) is 24.3 Å². The molecule has 0 bridgehead atoms. The lowest BCUT2D eigenvalue weighted by Gasteiger charge is -2.26. The van der Waals surface area contributed by atoms with E-state index >= 15 is 0 Å². The number of hydrogen-bond donors (Lipinski definition) is 2. The van der Waals surface area contributed by atoms with Crippen molar-refractivity contribution in [2.24, 2.45) is 10.9 Å². The van der Waals surface area contributed by atoms with Crippen molar-refractivity contribution in [3.63, 3.8) is 0 Å². The maximum absolute atomic E-state index is 8.60. The highest BCUT2D eigenvalue weighted by atomic mass is 16.4. The highest BCUT2D eigenvalue weighted by molar-refractivity contribution is 5.96. The van der Waals surface area contributed by atoms with Crippen LogP contribution in [0.1, 0.15) is 38.3 Å². The number of rotatable bonds is 6. The first kappa shape index (κ1) is 14.5. The number of nitrogens with two attached hydrogens (primary N) is 1. The molecule has 0 unspecified atom stereocenters. The van der Waals surface area contributed by atoms with Crippen molar-refractivity contribution in [3.05, 3.63) is 35.4 Å². The Kier molecular flexibility index (Phi) is 5.65. The van der Waals surface area contributed by atoms with Crippen molar-refractivity contribution in [1.29, 1.82) is 0 Å². The van der Waals surface area contributed by atoms with Crippen LogP contribution in [0.25, 0.3) is 0 Å². The van der Waals surface area contributed by atoms with Gasteiger partial charge < -0.3 is 10.9 Å². The Hall–Kier alpha value is -1.55. The molecule has 0 radical (unpaired) electrons. The van der Waals surface area contributed by atoms with Gasteiger partial charge in [-0.15, -0.1) is 0 Å². The van der Waals surface area contributed by atoms with Gasteiger partial charge in [-0.05, 0) is 32.4 Å². The van der Waals surface area contributed by atoms with Gasteiger partial charge in [0, 0.05) is 18.2 Å². The first-order valence-corrected chi connectivity index (χ1v) is 6.39. The fourth-order valence-corrected chi connectivity index (χ4v) is 1.88. The zero-order valence-corrected chi connectivity index (χ0v) is 11.4. The van der Waals surface area contributed by atoms with E-state index in [0.29, 0.717) is 6.04 Å². The van der Waals surface area contributed by atoms with Crippen LogP contribution in [0.3, 0.4) is 0 Å². The van der Waals surface area contributed by atoms with Crippen LogP contribution in [-0.4, -0.2) is 28.5 Å². The molecule has 0 aliphatic rings. The molecule has 18 heavy (non-hydrogen) atoms. The van der Waals surface area contributed by atoms with Crippen LogP contribution in [0.5, 0.6) is 0 Å². The standard InChI is InChI=1S/C14H23N3O/c1-4-9-17(11(2)3)10-12-5-7-13(8-6-12)14(15)16-18/h5-8,11,18H,4,9-10H2,1-3H3,(H2,15,16). The van der Waals surface area contributed by atoms with Gasteiger partial charge in [0.1, 0.15) is 0 Å². The van der Waals surface area contributed by atoms with Crippen LogP contribution in [0, 0.1) is 0 Å². The zero-order valence-electron chi connectivity index (χ0n) is 11.4. The van der Waals surface area contributed by atoms with Crippen molar-refractivity contribution in [2.75, 3.05) is 6.54 Å². The summed E-state index contributed by atoms with van der Waals surface area (Å²) in [5, 5.41) is 11.6. The molecule has 0 aromatic heterocycles. The Morgan fingerprint density at radius 3 is 2.39 bits per heavy atom. The topological polar surface area (TPSA) is 61.8 Å². The summed E-state index contributed by atoms with van der Waals surface area (Å²) in [6, 6.07) is 8.36. The number of hydrogen-bond acceptors (Lipinski definition) is 3. The summed E-state index contributed by atoms with van der Waals surface area (Å²) in [7, 11) is 0. The van der Waals surface area contributed by atoms with Crippen LogP contribution in [0.15, 0.2) is 29.4 Å². The van der Waals surface area contributed by atoms with Gasteiger partial charge in [0.2, 0.25) is 0 Å². The largest absolute Gasteiger partial charge is 0.409 e. The lowest BCUT2D eigenvalue weighted by atomic mass is 10.1. The molecule has 0 heterocycles. The molecule has 0 aliphatic carbocycles. The van der Waals surface area contributed by atoms with E-state index in [4.69, 9.17) is 10.9 Å². The van der Waals surface area contributed by atoms with E-state index in [2.05, 4.69) is 30.8 Å². The highest BCUT2D eigenvalue weighted by Crippen LogP contribution is 2.10. The molecule has 0 aliphatic heterocycles. The number of nitrogens with zero attached hydrogens (tertiary/aromatic N) is 2. The molecule has 0 amide bonds. The molecule has 4 heteroatoms. The molecule has 1 rings (SSSR count). The van der Waals surface area contributed by atoms with Gasteiger partial charge >= 0.3 is 0 Å². The Labute approximate surface area is 109 Å². The second kappa shape index (κ2) is 7.01. The molecular formula is C14H23N3O. The summed E-state index contributed by atoms with van der Waals surface area (Å²) in [5.41, 5.74) is 7.52. The van der Waals surface area contributed by atoms with Crippen LogP contribution < -0.4 is 5.73 Å². The average Bonchev–Trinajstić information content (AvgIpc) is 2.38. The Morgan fingerprint density at radius 1 is 1.33 bits per heavy atom. The van der Waals surface area contributed by atoms with E-state index in [-0.39, 0.29) is 5.84 Å². The molecule has 0 spiro atoms. The van der Waals surface area contributed by atoms with Crippen molar-refractivity contribution >= 4 is 5.84 Å². The van der Waals surface area contributed by atoms with E-state index in [1.54, 1.807) is 0 Å². The van der Waals surface area contributed by atoms with Gasteiger partial charge in [-0.2, -0.15) is 0 Å². The summed E-state index contributed by atoms with van der Waals surface area (Å²) < 4.78 is 0. The average molecular weight is 249 g/mol. The summed E-state index contributed by atoms with van der Waals surface area (Å²) in [4.78, 5) is 2.43. The van der Waals surface area contributed by atoms with Gasteiger partial charge in [0.25, 0.3) is 0 Å². The predicted molar refractivity (Wildman–Crippen MR) is 74.8 cm³/mol. The van der Waals surface area contributed by atoms with Gasteiger partial charge in [-0.1, -0.05) is 36.3 Å². The molecule has 0 saturated heterocycles. The summed E-state index contributed by atoms with van der Waals surface area (Å²) in [5.74, 6) is 0.149. The molecule has 1 aromatic rings. The number of benzene rings is 1. The molecule has 0 atom stereocenters. The number of oxime groups is 1. The van der Waals surface area contributed by atoms with Crippen LogP contribution in [0.2, 0.25) is 0 Å². The fourth-order valence-electron chi connectivity index (χ4n) is 1.88. The first-order valence-electron chi connectivity index (χ1n) is 6.39. The number of amidine groups is 1. The Bertz CT molecular complexity index is 385. The van der Waals surface area contributed by atoms with E-state index in [1.165, 1.54) is 5.56 Å². The summed E-state index contributed by atoms with van der Waals surface area (Å²) in [6.45, 7) is 8.64. The molecule has 4 nitrogen and oxygen atoms in total. The lowest BCUT2D eigenvalue weighted by Crippen LogP contribution is -2.31. The fraction of sp³-hybridized carbons (Fsp3) is 0.500. The highest BCUT2D eigenvalue weighted by Gasteiger charge is 2.09. The second-order valence-electron chi connectivity index (χ2n) is 4.75. The van der Waals surface area contributed by atoms with Gasteiger partial charge in [0.05, 0.1) is 0 Å². The summed E-state index contributed by atoms with van der Waals surface area (Å²) >= 11 is 0. The lowest BCUT2D eigenvalue weighted by molar-refractivity contribution is 0.213. The molecule has 0 fully saturated rings. The van der Waals surface area contributed by atoms with E-state index < -0.39 is 0 Å². The molecule has 1 aromatic carbocycles. The quantitative estimate of drug-likeness (QED) is 0.352. The minimum Gasteiger partial charge on any atom is -0.409 e. The third-order valence-electron chi connectivity index (χ3n) is 2.98. The zero-order chi connectivity index (χ0) is 13.5. The second-order valence-corrected chi connectivity index (χ2v) is 4.75. The maximum atomic E-state index is 8.60. The first-order chi connectivity index (χ1) is 8.58. The summed E-state index contributed by atoms with van der Waals surface area (Å²) in [6.07, 6.45) is 1.15. The van der Waals surface area contributed by atoms with Crippen molar-refractivity contribution in [3.8, 4) is 0 Å². The van der Waals surface area contributed by atoms with Crippen molar-refractivity contribution < 1.29 is 5.21 Å². The minimum atomic E-state index is 0.149. The minimum absolute atomic E-state index is 0.149. The van der Waals surface area contributed by atoms with Gasteiger partial charge in [0.15, 0.2) is 5.84 Å².